The van der Waals surface area contributed by atoms with E-state index in [0.29, 0.717) is 5.02 Å². The lowest BCUT2D eigenvalue weighted by Gasteiger charge is -2.54. The minimum Gasteiger partial charge on any atom is -0.394 e. The summed E-state index contributed by atoms with van der Waals surface area (Å²) in [6.45, 7) is 1.64. The van der Waals surface area contributed by atoms with E-state index in [1.165, 1.54) is 0 Å². The van der Waals surface area contributed by atoms with Crippen molar-refractivity contribution in [1.29, 1.82) is 0 Å². The predicted octanol–water partition coefficient (Wildman–Crippen LogP) is 3.83. The van der Waals surface area contributed by atoms with Gasteiger partial charge in [-0.3, -0.25) is 9.59 Å². The number of likely N-dealkylation sites (tertiary alicyclic amines) is 1. The predicted molar refractivity (Wildman–Crippen MR) is 129 cm³/mol. The number of nitrogens with one attached hydrogen (secondary N) is 1. The molecule has 8 heteroatoms. The summed E-state index contributed by atoms with van der Waals surface area (Å²) in [5.41, 5.74) is 1.10. The number of anilines is 1. The Morgan fingerprint density at radius 2 is 2.00 bits per heavy atom. The summed E-state index contributed by atoms with van der Waals surface area (Å²) in [5, 5.41) is 23.5. The molecule has 1 saturated heterocycles. The van der Waals surface area contributed by atoms with Gasteiger partial charge in [0.1, 0.15) is 5.41 Å². The van der Waals surface area contributed by atoms with Gasteiger partial charge in [-0.2, -0.15) is 0 Å². The molecule has 2 aromatic rings. The number of β-amino-alcohol motifs (C(OH)–C–C–N with tert-alkyl or cyclic N) is 1. The van der Waals surface area contributed by atoms with E-state index in [9.17, 15) is 19.8 Å². The Morgan fingerprint density at radius 1 is 1.24 bits per heavy atom. The zero-order chi connectivity index (χ0) is 23.5. The number of rotatable bonds is 5. The Bertz CT molecular complexity index is 1140. The van der Waals surface area contributed by atoms with Crippen LogP contribution in [0.15, 0.2) is 46.9 Å². The number of halogens is 2. The molecule has 2 aliphatic heterocycles. The van der Waals surface area contributed by atoms with Crippen molar-refractivity contribution in [2.75, 3.05) is 18.5 Å². The van der Waals surface area contributed by atoms with E-state index in [2.05, 4.69) is 28.2 Å². The van der Waals surface area contributed by atoms with Crippen molar-refractivity contribution < 1.29 is 19.8 Å². The van der Waals surface area contributed by atoms with E-state index >= 15 is 0 Å². The van der Waals surface area contributed by atoms with Crippen molar-refractivity contribution in [3.63, 3.8) is 0 Å². The van der Waals surface area contributed by atoms with Gasteiger partial charge in [0, 0.05) is 34.1 Å². The second-order valence-electron chi connectivity index (χ2n) is 9.76. The van der Waals surface area contributed by atoms with Gasteiger partial charge in [-0.1, -0.05) is 52.7 Å². The minimum atomic E-state index is -1.08. The van der Waals surface area contributed by atoms with Crippen LogP contribution in [0.2, 0.25) is 5.02 Å². The van der Waals surface area contributed by atoms with Gasteiger partial charge in [0.2, 0.25) is 11.8 Å². The summed E-state index contributed by atoms with van der Waals surface area (Å²) in [6.07, 6.45) is 0.778. The summed E-state index contributed by atoms with van der Waals surface area (Å²) in [6, 6.07) is 12.7. The quantitative estimate of drug-likeness (QED) is 0.545. The third-order valence-corrected chi connectivity index (χ3v) is 8.34. The molecule has 4 atom stereocenters. The van der Waals surface area contributed by atoms with Gasteiger partial charge < -0.3 is 20.4 Å². The molecule has 1 saturated carbocycles. The topological polar surface area (TPSA) is 89.9 Å². The van der Waals surface area contributed by atoms with Crippen molar-refractivity contribution in [1.82, 2.24) is 4.90 Å². The van der Waals surface area contributed by atoms with Gasteiger partial charge in [-0.25, -0.2) is 0 Å². The molecule has 6 nitrogen and oxygen atoms in total. The average Bonchev–Trinajstić information content (AvgIpc) is 3.45. The van der Waals surface area contributed by atoms with E-state index in [0.717, 1.165) is 34.1 Å². The molecule has 33 heavy (non-hydrogen) atoms. The van der Waals surface area contributed by atoms with Gasteiger partial charge in [-0.05, 0) is 53.6 Å². The largest absolute Gasteiger partial charge is 0.394 e. The Morgan fingerprint density at radius 3 is 2.67 bits per heavy atom. The van der Waals surface area contributed by atoms with Gasteiger partial charge in [0.25, 0.3) is 0 Å². The van der Waals surface area contributed by atoms with Crippen LogP contribution in [-0.2, 0) is 15.0 Å². The van der Waals surface area contributed by atoms with Crippen LogP contribution in [0.3, 0.4) is 0 Å². The first-order valence-electron chi connectivity index (χ1n) is 11.2. The number of benzene rings is 2. The van der Waals surface area contributed by atoms with E-state index < -0.39 is 30.1 Å². The van der Waals surface area contributed by atoms with Crippen LogP contribution < -0.4 is 5.32 Å². The number of hydrogen-bond acceptors (Lipinski definition) is 4. The summed E-state index contributed by atoms with van der Waals surface area (Å²) in [7, 11) is 0. The Balaban J connectivity index is 1.78. The molecular weight excluding hydrogens is 508 g/mol. The molecule has 0 bridgehead atoms. The van der Waals surface area contributed by atoms with Gasteiger partial charge in [0.05, 0.1) is 18.8 Å². The summed E-state index contributed by atoms with van der Waals surface area (Å²) >= 11 is 9.85. The number of hydrogen-bond donors (Lipinski definition) is 3. The molecular formula is C25H26BrClN2O4. The van der Waals surface area contributed by atoms with E-state index in [4.69, 9.17) is 11.6 Å². The molecule has 1 aliphatic carbocycles. The maximum atomic E-state index is 14.1. The number of nitrogens with zero attached hydrogens (tertiary/aromatic N) is 1. The summed E-state index contributed by atoms with van der Waals surface area (Å²) in [5.74, 6) is -0.694. The number of aliphatic hydroxyl groups excluding tert-OH is 2. The fourth-order valence-corrected chi connectivity index (χ4v) is 6.53. The van der Waals surface area contributed by atoms with E-state index in [1.54, 1.807) is 11.0 Å². The molecule has 174 valence electrons. The Hall–Kier alpha value is -1.93. The standard InChI is InChI=1S/C25H26BrClN2O4/c1-24(7-8-24)22-25(18-6-5-15(26)10-20(18)28-23(25)33)19(14-3-2-4-16(27)9-14)11-21(32)29(22)12-17(31)13-30/h2-6,9-10,17,19,22,30-31H,7-8,11-13H2,1H3,(H,28,33)/t17?,19-,22+,25-/m0/s1. The fraction of sp³-hybridized carbons (Fsp3) is 0.440. The zero-order valence-corrected chi connectivity index (χ0v) is 20.6. The van der Waals surface area contributed by atoms with Crippen molar-refractivity contribution in [3.05, 3.63) is 63.1 Å². The first-order chi connectivity index (χ1) is 15.7. The highest BCUT2D eigenvalue weighted by Gasteiger charge is 2.69. The van der Waals surface area contributed by atoms with Crippen molar-refractivity contribution in [2.24, 2.45) is 5.41 Å². The van der Waals surface area contributed by atoms with Crippen LogP contribution in [0.1, 0.15) is 43.2 Å². The third-order valence-electron chi connectivity index (χ3n) is 7.61. The fourth-order valence-electron chi connectivity index (χ4n) is 5.97. The Kier molecular flexibility index (Phi) is 5.59. The van der Waals surface area contributed by atoms with Crippen molar-refractivity contribution in [2.45, 2.75) is 49.7 Å². The second kappa shape index (κ2) is 8.08. The van der Waals surface area contributed by atoms with Crippen LogP contribution in [-0.4, -0.2) is 52.2 Å². The highest BCUT2D eigenvalue weighted by molar-refractivity contribution is 9.10. The number of carbonyl (C=O) groups is 2. The normalized spacial score (nSPS) is 28.6. The molecule has 2 amide bonds. The van der Waals surface area contributed by atoms with Gasteiger partial charge >= 0.3 is 0 Å². The van der Waals surface area contributed by atoms with Crippen molar-refractivity contribution in [3.8, 4) is 0 Å². The first kappa shape index (κ1) is 22.8. The van der Waals surface area contributed by atoms with Crippen LogP contribution >= 0.6 is 27.5 Å². The maximum absolute atomic E-state index is 14.1. The monoisotopic (exact) mass is 532 g/mol. The van der Waals surface area contributed by atoms with Crippen LogP contribution in [0.25, 0.3) is 0 Å². The summed E-state index contributed by atoms with van der Waals surface area (Å²) in [4.78, 5) is 29.3. The highest BCUT2D eigenvalue weighted by atomic mass is 79.9. The highest BCUT2D eigenvalue weighted by Crippen LogP contribution is 2.64. The molecule has 3 aliphatic rings. The molecule has 3 N–H and O–H groups in total. The van der Waals surface area contributed by atoms with E-state index in [-0.39, 0.29) is 30.2 Å². The number of fused-ring (bicyclic) bond motifs is 2. The molecule has 1 spiro atoms. The minimum absolute atomic E-state index is 0.0151. The zero-order valence-electron chi connectivity index (χ0n) is 18.2. The second-order valence-corrected chi connectivity index (χ2v) is 11.1. The average molecular weight is 534 g/mol. The van der Waals surface area contributed by atoms with Gasteiger partial charge in [-0.15, -0.1) is 0 Å². The lowest BCUT2D eigenvalue weighted by molar-refractivity contribution is -0.151. The van der Waals surface area contributed by atoms with Crippen LogP contribution in [0.4, 0.5) is 5.69 Å². The number of carbonyl (C=O) groups excluding carboxylic acids is 2. The number of aliphatic hydroxyl groups is 2. The summed E-state index contributed by atoms with van der Waals surface area (Å²) < 4.78 is 0.853. The number of piperidine rings is 1. The molecule has 5 rings (SSSR count). The van der Waals surface area contributed by atoms with E-state index in [1.807, 2.05) is 36.4 Å². The molecule has 0 aromatic heterocycles. The molecule has 2 heterocycles. The Labute approximate surface area is 206 Å². The SMILES string of the molecule is CC1([C@H]2N(CC(O)CO)C(=O)C[C@@H](c3cccc(Cl)c3)[C@]23C(=O)Nc2cc(Br)ccc23)CC1. The lowest BCUT2D eigenvalue weighted by atomic mass is 9.56. The van der Waals surface area contributed by atoms with Crippen molar-refractivity contribution >= 4 is 45.0 Å². The third kappa shape index (κ3) is 3.52. The van der Waals surface area contributed by atoms with Crippen LogP contribution in [0, 0.1) is 5.41 Å². The first-order valence-corrected chi connectivity index (χ1v) is 12.3. The smallest absolute Gasteiger partial charge is 0.237 e. The van der Waals surface area contributed by atoms with Gasteiger partial charge in [0.15, 0.2) is 0 Å². The number of amides is 2. The molecule has 0 radical (unpaired) electrons. The molecule has 2 aromatic carbocycles. The van der Waals surface area contributed by atoms with Crippen LogP contribution in [0.5, 0.6) is 0 Å². The maximum Gasteiger partial charge on any atom is 0.237 e. The lowest BCUT2D eigenvalue weighted by Crippen LogP contribution is -2.67. The molecule has 2 fully saturated rings. The molecule has 1 unspecified atom stereocenters.